The molecule has 1 aliphatic heterocycles. The van der Waals surface area contributed by atoms with E-state index in [-0.39, 0.29) is 0 Å². The Morgan fingerprint density at radius 3 is 2.85 bits per heavy atom. The minimum Gasteiger partial charge on any atom is -0.347 e. The fraction of sp³-hybridized carbons (Fsp3) is 0.529. The molecule has 108 valence electrons. The summed E-state index contributed by atoms with van der Waals surface area (Å²) in [6.45, 7) is 11.1. The lowest BCUT2D eigenvalue weighted by molar-refractivity contribution is 0.139. The van der Waals surface area contributed by atoms with Gasteiger partial charge in [-0.3, -0.25) is 4.90 Å². The number of aromatic nitrogens is 1. The van der Waals surface area contributed by atoms with Crippen LogP contribution in [0.4, 0.5) is 0 Å². The Morgan fingerprint density at radius 2 is 2.05 bits per heavy atom. The molecule has 1 aromatic heterocycles. The summed E-state index contributed by atoms with van der Waals surface area (Å²) in [4.78, 5) is 2.60. The van der Waals surface area contributed by atoms with E-state index in [2.05, 4.69) is 66.0 Å². The first-order valence-electron chi connectivity index (χ1n) is 7.73. The van der Waals surface area contributed by atoms with Crippen molar-refractivity contribution in [2.45, 2.75) is 45.9 Å². The standard InChI is InChI=1S/C17H25N3/c1-4-19-11-15(16-7-5-6-8-17(16)19)12-20-10-13(2)18-9-14(20)3/h5-8,11,13-14,18H,4,9-10,12H2,1-3H3. The van der Waals surface area contributed by atoms with Crippen molar-refractivity contribution in [3.8, 4) is 0 Å². The zero-order valence-electron chi connectivity index (χ0n) is 12.8. The van der Waals surface area contributed by atoms with Gasteiger partial charge in [0.15, 0.2) is 0 Å². The van der Waals surface area contributed by atoms with E-state index in [4.69, 9.17) is 0 Å². The molecule has 0 radical (unpaired) electrons. The first-order chi connectivity index (χ1) is 9.69. The van der Waals surface area contributed by atoms with Crippen LogP contribution in [-0.2, 0) is 13.1 Å². The minimum atomic E-state index is 0.589. The van der Waals surface area contributed by atoms with Gasteiger partial charge in [0, 0.05) is 55.4 Å². The van der Waals surface area contributed by atoms with E-state index >= 15 is 0 Å². The van der Waals surface area contributed by atoms with Gasteiger partial charge in [0.2, 0.25) is 0 Å². The van der Waals surface area contributed by atoms with Crippen molar-refractivity contribution < 1.29 is 0 Å². The van der Waals surface area contributed by atoms with Crippen LogP contribution in [0.5, 0.6) is 0 Å². The minimum absolute atomic E-state index is 0.589. The van der Waals surface area contributed by atoms with E-state index in [0.717, 1.165) is 26.2 Å². The quantitative estimate of drug-likeness (QED) is 0.926. The summed E-state index contributed by atoms with van der Waals surface area (Å²) >= 11 is 0. The Hall–Kier alpha value is -1.32. The highest BCUT2D eigenvalue weighted by Gasteiger charge is 2.23. The number of hydrogen-bond donors (Lipinski definition) is 1. The number of hydrogen-bond acceptors (Lipinski definition) is 2. The number of para-hydroxylation sites is 1. The first kappa shape index (κ1) is 13.7. The fourth-order valence-electron chi connectivity index (χ4n) is 3.25. The van der Waals surface area contributed by atoms with Crippen molar-refractivity contribution >= 4 is 10.9 Å². The van der Waals surface area contributed by atoms with Gasteiger partial charge >= 0.3 is 0 Å². The largest absolute Gasteiger partial charge is 0.347 e. The average molecular weight is 271 g/mol. The lowest BCUT2D eigenvalue weighted by Gasteiger charge is -2.37. The molecule has 0 saturated carbocycles. The van der Waals surface area contributed by atoms with Crippen LogP contribution < -0.4 is 5.32 Å². The van der Waals surface area contributed by atoms with Gasteiger partial charge in [0.1, 0.15) is 0 Å². The second kappa shape index (κ2) is 5.58. The molecule has 3 nitrogen and oxygen atoms in total. The van der Waals surface area contributed by atoms with Crippen LogP contribution in [0, 0.1) is 0 Å². The van der Waals surface area contributed by atoms with E-state index in [1.54, 1.807) is 0 Å². The van der Waals surface area contributed by atoms with Crippen LogP contribution in [-0.4, -0.2) is 34.6 Å². The van der Waals surface area contributed by atoms with Crippen molar-refractivity contribution in [2.24, 2.45) is 0 Å². The Morgan fingerprint density at radius 1 is 1.25 bits per heavy atom. The monoisotopic (exact) mass is 271 g/mol. The molecule has 0 spiro atoms. The smallest absolute Gasteiger partial charge is 0.0483 e. The average Bonchev–Trinajstić information content (AvgIpc) is 2.81. The maximum absolute atomic E-state index is 3.55. The third-order valence-electron chi connectivity index (χ3n) is 4.48. The summed E-state index contributed by atoms with van der Waals surface area (Å²) in [5.74, 6) is 0. The number of nitrogens with zero attached hydrogens (tertiary/aromatic N) is 2. The Kier molecular flexibility index (Phi) is 3.81. The molecule has 1 N–H and O–H groups in total. The van der Waals surface area contributed by atoms with Gasteiger partial charge in [-0.25, -0.2) is 0 Å². The van der Waals surface area contributed by atoms with Crippen molar-refractivity contribution in [1.29, 1.82) is 0 Å². The molecule has 0 bridgehead atoms. The first-order valence-corrected chi connectivity index (χ1v) is 7.73. The highest BCUT2D eigenvalue weighted by atomic mass is 15.2. The zero-order valence-corrected chi connectivity index (χ0v) is 12.8. The summed E-state index contributed by atoms with van der Waals surface area (Å²) in [5.41, 5.74) is 2.82. The van der Waals surface area contributed by atoms with Crippen molar-refractivity contribution in [2.75, 3.05) is 13.1 Å². The molecule has 2 unspecified atom stereocenters. The molecule has 3 rings (SSSR count). The van der Waals surface area contributed by atoms with Crippen LogP contribution in [0.1, 0.15) is 26.3 Å². The Balaban J connectivity index is 1.90. The number of nitrogens with one attached hydrogen (secondary N) is 1. The maximum Gasteiger partial charge on any atom is 0.0483 e. The summed E-state index contributed by atoms with van der Waals surface area (Å²) in [6.07, 6.45) is 2.34. The molecule has 0 aliphatic carbocycles. The molecule has 3 heteroatoms. The number of benzene rings is 1. The van der Waals surface area contributed by atoms with Crippen LogP contribution >= 0.6 is 0 Å². The van der Waals surface area contributed by atoms with Crippen LogP contribution in [0.2, 0.25) is 0 Å². The van der Waals surface area contributed by atoms with Gasteiger partial charge in [-0.15, -0.1) is 0 Å². The van der Waals surface area contributed by atoms with Crippen LogP contribution in [0.3, 0.4) is 0 Å². The maximum atomic E-state index is 3.55. The topological polar surface area (TPSA) is 20.2 Å². The van der Waals surface area contributed by atoms with E-state index in [1.165, 1.54) is 16.5 Å². The molecule has 1 aromatic carbocycles. The van der Waals surface area contributed by atoms with Crippen LogP contribution in [0.25, 0.3) is 10.9 Å². The lowest BCUT2D eigenvalue weighted by Crippen LogP contribution is -2.53. The van der Waals surface area contributed by atoms with E-state index < -0.39 is 0 Å². The number of fused-ring (bicyclic) bond motifs is 1. The van der Waals surface area contributed by atoms with Crippen molar-refractivity contribution in [1.82, 2.24) is 14.8 Å². The zero-order chi connectivity index (χ0) is 14.1. The van der Waals surface area contributed by atoms with E-state index in [0.29, 0.717) is 12.1 Å². The van der Waals surface area contributed by atoms with Gasteiger partial charge in [-0.05, 0) is 32.4 Å². The van der Waals surface area contributed by atoms with Crippen molar-refractivity contribution in [3.05, 3.63) is 36.0 Å². The fourth-order valence-corrected chi connectivity index (χ4v) is 3.25. The highest BCUT2D eigenvalue weighted by Crippen LogP contribution is 2.24. The molecular formula is C17H25N3. The highest BCUT2D eigenvalue weighted by molar-refractivity contribution is 5.83. The predicted octanol–water partition coefficient (Wildman–Crippen LogP) is 2.84. The molecule has 20 heavy (non-hydrogen) atoms. The molecule has 2 aromatic rings. The van der Waals surface area contributed by atoms with Crippen molar-refractivity contribution in [3.63, 3.8) is 0 Å². The summed E-state index contributed by atoms with van der Waals surface area (Å²) in [5, 5.41) is 4.96. The molecule has 0 amide bonds. The number of rotatable bonds is 3. The predicted molar refractivity (Wildman–Crippen MR) is 84.9 cm³/mol. The molecule has 1 fully saturated rings. The van der Waals surface area contributed by atoms with Gasteiger partial charge in [-0.2, -0.15) is 0 Å². The Bertz CT molecular complexity index is 587. The molecule has 1 aliphatic rings. The normalized spacial score (nSPS) is 24.4. The second-order valence-corrected chi connectivity index (χ2v) is 6.05. The van der Waals surface area contributed by atoms with Gasteiger partial charge in [0.05, 0.1) is 0 Å². The summed E-state index contributed by atoms with van der Waals surface area (Å²) < 4.78 is 2.36. The lowest BCUT2D eigenvalue weighted by atomic mass is 10.1. The SMILES string of the molecule is CCn1cc(CN2CC(C)NCC2C)c2ccccc21. The second-order valence-electron chi connectivity index (χ2n) is 6.05. The molecule has 1 saturated heterocycles. The van der Waals surface area contributed by atoms with E-state index in [1.807, 2.05) is 0 Å². The van der Waals surface area contributed by atoms with Gasteiger partial charge < -0.3 is 9.88 Å². The summed E-state index contributed by atoms with van der Waals surface area (Å²) in [7, 11) is 0. The molecule has 2 atom stereocenters. The number of piperazine rings is 1. The van der Waals surface area contributed by atoms with Gasteiger partial charge in [0.25, 0.3) is 0 Å². The van der Waals surface area contributed by atoms with E-state index in [9.17, 15) is 0 Å². The van der Waals surface area contributed by atoms with Gasteiger partial charge in [-0.1, -0.05) is 18.2 Å². The third-order valence-corrected chi connectivity index (χ3v) is 4.48. The summed E-state index contributed by atoms with van der Waals surface area (Å²) in [6, 6.07) is 9.96. The Labute approximate surface area is 121 Å². The van der Waals surface area contributed by atoms with Crippen LogP contribution in [0.15, 0.2) is 30.5 Å². The molecular weight excluding hydrogens is 246 g/mol. The third kappa shape index (κ3) is 2.48. The number of aryl methyl sites for hydroxylation is 1. The molecule has 2 heterocycles.